The first-order chi connectivity index (χ1) is 13.9. The highest BCUT2D eigenvalue weighted by Gasteiger charge is 2.30. The minimum Gasteiger partial charge on any atom is -0.335 e. The van der Waals surface area contributed by atoms with E-state index in [1.165, 1.54) is 23.5 Å². The van der Waals surface area contributed by atoms with Crippen molar-refractivity contribution in [1.82, 2.24) is 9.80 Å². The number of carbonyl (C=O) groups is 3. The van der Waals surface area contributed by atoms with Gasteiger partial charge in [-0.3, -0.25) is 14.4 Å². The number of rotatable bonds is 4. The number of hydrogen-bond donors (Lipinski definition) is 1. The molecule has 0 atom stereocenters. The number of benzene rings is 1. The highest BCUT2D eigenvalue weighted by Crippen LogP contribution is 2.32. The summed E-state index contributed by atoms with van der Waals surface area (Å²) in [7, 11) is 0. The molecule has 152 valence electrons. The van der Waals surface area contributed by atoms with Gasteiger partial charge in [0.05, 0.1) is 20.5 Å². The first-order valence-corrected chi connectivity index (χ1v) is 10.6. The SMILES string of the molecule is O=C(Nc1ccc(C(=O)N2CCN(C(=O)c3ccc(F)cc3Cl)CC2)s1)C1CC1. The van der Waals surface area contributed by atoms with Crippen molar-refractivity contribution in [1.29, 1.82) is 0 Å². The number of hydrogen-bond acceptors (Lipinski definition) is 4. The van der Waals surface area contributed by atoms with Crippen molar-refractivity contribution in [3.8, 4) is 0 Å². The van der Waals surface area contributed by atoms with Crippen LogP contribution < -0.4 is 5.32 Å². The van der Waals surface area contributed by atoms with Crippen LogP contribution in [0.25, 0.3) is 0 Å². The van der Waals surface area contributed by atoms with Crippen LogP contribution in [0.3, 0.4) is 0 Å². The number of nitrogens with one attached hydrogen (secondary N) is 1. The lowest BCUT2D eigenvalue weighted by molar-refractivity contribution is -0.117. The molecule has 9 heteroatoms. The van der Waals surface area contributed by atoms with Crippen molar-refractivity contribution in [2.75, 3.05) is 31.5 Å². The minimum atomic E-state index is -0.495. The van der Waals surface area contributed by atoms with Crippen molar-refractivity contribution in [3.05, 3.63) is 51.6 Å². The van der Waals surface area contributed by atoms with Crippen molar-refractivity contribution in [2.45, 2.75) is 12.8 Å². The predicted octanol–water partition coefficient (Wildman–Crippen LogP) is 3.49. The molecule has 2 fully saturated rings. The summed E-state index contributed by atoms with van der Waals surface area (Å²) in [6, 6.07) is 7.15. The Bertz CT molecular complexity index is 968. The lowest BCUT2D eigenvalue weighted by atomic mass is 10.1. The molecule has 1 saturated heterocycles. The van der Waals surface area contributed by atoms with Gasteiger partial charge in [-0.05, 0) is 43.2 Å². The number of amides is 3. The fraction of sp³-hybridized carbons (Fsp3) is 0.350. The third kappa shape index (κ3) is 4.43. The smallest absolute Gasteiger partial charge is 0.264 e. The summed E-state index contributed by atoms with van der Waals surface area (Å²) < 4.78 is 13.2. The fourth-order valence-electron chi connectivity index (χ4n) is 3.19. The number of piperazine rings is 1. The Morgan fingerprint density at radius 2 is 1.66 bits per heavy atom. The molecule has 2 aliphatic rings. The number of nitrogens with zero attached hydrogens (tertiary/aromatic N) is 2. The predicted molar refractivity (Wildman–Crippen MR) is 109 cm³/mol. The molecule has 0 radical (unpaired) electrons. The van der Waals surface area contributed by atoms with E-state index in [4.69, 9.17) is 11.6 Å². The molecule has 0 spiro atoms. The molecule has 2 aromatic rings. The van der Waals surface area contributed by atoms with E-state index in [1.54, 1.807) is 21.9 Å². The largest absolute Gasteiger partial charge is 0.335 e. The van der Waals surface area contributed by atoms with Crippen LogP contribution in [0.2, 0.25) is 5.02 Å². The van der Waals surface area contributed by atoms with Gasteiger partial charge < -0.3 is 15.1 Å². The first kappa shape index (κ1) is 19.8. The molecule has 0 bridgehead atoms. The Kier molecular flexibility index (Phi) is 5.56. The summed E-state index contributed by atoms with van der Waals surface area (Å²) in [4.78, 5) is 41.1. The second-order valence-corrected chi connectivity index (χ2v) is 8.63. The molecule has 4 rings (SSSR count). The topological polar surface area (TPSA) is 69.7 Å². The van der Waals surface area contributed by atoms with Gasteiger partial charge in [-0.2, -0.15) is 0 Å². The van der Waals surface area contributed by atoms with Crippen LogP contribution >= 0.6 is 22.9 Å². The minimum absolute atomic E-state index is 0.0115. The molecule has 1 N–H and O–H groups in total. The van der Waals surface area contributed by atoms with Crippen molar-refractivity contribution in [2.24, 2.45) is 5.92 Å². The molecule has 1 saturated carbocycles. The van der Waals surface area contributed by atoms with E-state index >= 15 is 0 Å². The van der Waals surface area contributed by atoms with Gasteiger partial charge in [0.2, 0.25) is 5.91 Å². The maximum absolute atomic E-state index is 13.2. The zero-order valence-corrected chi connectivity index (χ0v) is 17.1. The summed E-state index contributed by atoms with van der Waals surface area (Å²) in [5.74, 6) is -0.767. The van der Waals surface area contributed by atoms with Crippen LogP contribution in [-0.4, -0.2) is 53.7 Å². The standard InChI is InChI=1S/C20H19ClFN3O3S/c21-15-11-13(22)3-4-14(15)19(27)24-7-9-25(10-8-24)20(28)16-5-6-17(29-16)23-18(26)12-1-2-12/h3-6,11-12H,1-2,7-10H2,(H,23,26). The van der Waals surface area contributed by atoms with Crippen LogP contribution in [0.5, 0.6) is 0 Å². The van der Waals surface area contributed by atoms with Crippen LogP contribution in [0.4, 0.5) is 9.39 Å². The Hall–Kier alpha value is -2.45. The van der Waals surface area contributed by atoms with Gasteiger partial charge in [0, 0.05) is 32.1 Å². The number of halogens is 2. The van der Waals surface area contributed by atoms with Crippen molar-refractivity contribution in [3.63, 3.8) is 0 Å². The zero-order chi connectivity index (χ0) is 20.5. The molecule has 1 aliphatic carbocycles. The lowest BCUT2D eigenvalue weighted by Gasteiger charge is -2.34. The fourth-order valence-corrected chi connectivity index (χ4v) is 4.32. The van der Waals surface area contributed by atoms with Crippen LogP contribution in [0.15, 0.2) is 30.3 Å². The Balaban J connectivity index is 1.34. The summed E-state index contributed by atoms with van der Waals surface area (Å²) >= 11 is 7.24. The highest BCUT2D eigenvalue weighted by molar-refractivity contribution is 7.18. The molecule has 1 aromatic carbocycles. The van der Waals surface area contributed by atoms with Crippen LogP contribution in [0.1, 0.15) is 32.9 Å². The lowest BCUT2D eigenvalue weighted by Crippen LogP contribution is -2.50. The molecule has 3 amide bonds. The molecule has 6 nitrogen and oxygen atoms in total. The van der Waals surface area contributed by atoms with Gasteiger partial charge in [-0.25, -0.2) is 4.39 Å². The Labute approximate surface area is 176 Å². The highest BCUT2D eigenvalue weighted by atomic mass is 35.5. The van der Waals surface area contributed by atoms with E-state index in [0.717, 1.165) is 18.9 Å². The Morgan fingerprint density at radius 3 is 2.28 bits per heavy atom. The van der Waals surface area contributed by atoms with E-state index in [9.17, 15) is 18.8 Å². The summed E-state index contributed by atoms with van der Waals surface area (Å²) in [6.07, 6.45) is 1.85. The number of carbonyl (C=O) groups excluding carboxylic acids is 3. The zero-order valence-electron chi connectivity index (χ0n) is 15.5. The Morgan fingerprint density at radius 1 is 1.00 bits per heavy atom. The molecular formula is C20H19ClFN3O3S. The average molecular weight is 436 g/mol. The maximum Gasteiger partial charge on any atom is 0.264 e. The molecule has 1 aliphatic heterocycles. The molecule has 0 unspecified atom stereocenters. The average Bonchev–Trinajstić information content (AvgIpc) is 3.47. The monoisotopic (exact) mass is 435 g/mol. The summed E-state index contributed by atoms with van der Waals surface area (Å²) in [5, 5.41) is 3.60. The molecule has 29 heavy (non-hydrogen) atoms. The van der Waals surface area contributed by atoms with E-state index < -0.39 is 5.82 Å². The molecule has 2 heterocycles. The second kappa shape index (κ2) is 8.12. The normalized spacial score (nSPS) is 16.6. The maximum atomic E-state index is 13.2. The third-order valence-electron chi connectivity index (χ3n) is 5.03. The van der Waals surface area contributed by atoms with E-state index in [-0.39, 0.29) is 34.2 Å². The van der Waals surface area contributed by atoms with E-state index in [2.05, 4.69) is 5.32 Å². The summed E-state index contributed by atoms with van der Waals surface area (Å²) in [6.45, 7) is 1.53. The quantitative estimate of drug-likeness (QED) is 0.799. The number of anilines is 1. The molecule has 1 aromatic heterocycles. The van der Waals surface area contributed by atoms with Gasteiger partial charge in [0.25, 0.3) is 11.8 Å². The summed E-state index contributed by atoms with van der Waals surface area (Å²) in [5.41, 5.74) is 0.252. The van der Waals surface area contributed by atoms with Crippen LogP contribution in [-0.2, 0) is 4.79 Å². The van der Waals surface area contributed by atoms with Gasteiger partial charge in [0.1, 0.15) is 5.82 Å². The first-order valence-electron chi connectivity index (χ1n) is 9.36. The van der Waals surface area contributed by atoms with Gasteiger partial charge in [0.15, 0.2) is 0 Å². The van der Waals surface area contributed by atoms with Crippen molar-refractivity contribution < 1.29 is 18.8 Å². The van der Waals surface area contributed by atoms with Gasteiger partial charge in [-0.15, -0.1) is 11.3 Å². The van der Waals surface area contributed by atoms with E-state index in [1.807, 2.05) is 0 Å². The van der Waals surface area contributed by atoms with Gasteiger partial charge in [-0.1, -0.05) is 11.6 Å². The van der Waals surface area contributed by atoms with Gasteiger partial charge >= 0.3 is 0 Å². The number of thiophene rings is 1. The van der Waals surface area contributed by atoms with Crippen LogP contribution in [0, 0.1) is 11.7 Å². The third-order valence-corrected chi connectivity index (χ3v) is 6.33. The molecular weight excluding hydrogens is 417 g/mol. The van der Waals surface area contributed by atoms with E-state index in [0.29, 0.717) is 36.1 Å². The van der Waals surface area contributed by atoms with Crippen molar-refractivity contribution >= 4 is 45.7 Å². The second-order valence-electron chi connectivity index (χ2n) is 7.14.